The van der Waals surface area contributed by atoms with Crippen molar-refractivity contribution >= 4 is 23.6 Å². The summed E-state index contributed by atoms with van der Waals surface area (Å²) >= 11 is 1.83. The number of hydrogen-bond acceptors (Lipinski definition) is 4. The summed E-state index contributed by atoms with van der Waals surface area (Å²) in [5.74, 6) is 2.37. The molecule has 6 nitrogen and oxygen atoms in total. The molecule has 132 valence electrons. The molecule has 23 heavy (non-hydrogen) atoms. The standard InChI is InChI=1S/C16H31N5OS/c1-14(15(22)20-7-4-5-8-20)19-9-11-21(12-10-19)16(17-2)18-6-13-23-3/h14H,4-13H2,1-3H3,(H,17,18). The number of aliphatic imine (C=N–C) groups is 1. The number of rotatable bonds is 5. The van der Waals surface area contributed by atoms with E-state index in [0.717, 1.165) is 70.4 Å². The van der Waals surface area contributed by atoms with Gasteiger partial charge in [0.1, 0.15) is 0 Å². The molecule has 1 N–H and O–H groups in total. The Morgan fingerprint density at radius 1 is 1.13 bits per heavy atom. The summed E-state index contributed by atoms with van der Waals surface area (Å²) in [6.07, 6.45) is 4.43. The third-order valence-electron chi connectivity index (χ3n) is 4.74. The number of likely N-dealkylation sites (tertiary alicyclic amines) is 1. The van der Waals surface area contributed by atoms with Gasteiger partial charge in [-0.3, -0.25) is 14.7 Å². The first-order valence-corrected chi connectivity index (χ1v) is 10.0. The Morgan fingerprint density at radius 3 is 2.35 bits per heavy atom. The Bertz CT molecular complexity index is 403. The molecule has 1 atom stereocenters. The van der Waals surface area contributed by atoms with Crippen LogP contribution in [0.25, 0.3) is 0 Å². The first kappa shape index (κ1) is 18.4. The van der Waals surface area contributed by atoms with Crippen molar-refractivity contribution in [2.75, 3.05) is 64.9 Å². The minimum atomic E-state index is 0.00159. The number of nitrogens with zero attached hydrogens (tertiary/aromatic N) is 4. The van der Waals surface area contributed by atoms with Gasteiger partial charge >= 0.3 is 0 Å². The van der Waals surface area contributed by atoms with Crippen LogP contribution in [0.5, 0.6) is 0 Å². The van der Waals surface area contributed by atoms with E-state index in [1.807, 2.05) is 23.7 Å². The molecule has 2 aliphatic rings. The van der Waals surface area contributed by atoms with Crippen molar-refractivity contribution in [1.82, 2.24) is 20.0 Å². The van der Waals surface area contributed by atoms with Crippen LogP contribution in [0.4, 0.5) is 0 Å². The number of guanidine groups is 1. The summed E-state index contributed by atoms with van der Waals surface area (Å²) in [4.78, 5) is 23.5. The number of hydrogen-bond donors (Lipinski definition) is 1. The van der Waals surface area contributed by atoms with Gasteiger partial charge in [-0.1, -0.05) is 0 Å². The van der Waals surface area contributed by atoms with E-state index in [9.17, 15) is 4.79 Å². The number of piperazine rings is 1. The van der Waals surface area contributed by atoms with E-state index in [2.05, 4.69) is 33.3 Å². The molecule has 0 aromatic carbocycles. The average Bonchev–Trinajstić information content (AvgIpc) is 3.12. The van der Waals surface area contributed by atoms with Gasteiger partial charge in [-0.05, 0) is 26.0 Å². The van der Waals surface area contributed by atoms with Gasteiger partial charge in [-0.15, -0.1) is 0 Å². The highest BCUT2D eigenvalue weighted by Crippen LogP contribution is 2.14. The summed E-state index contributed by atoms with van der Waals surface area (Å²) in [6.45, 7) is 8.57. The maximum atomic E-state index is 12.5. The molecule has 2 aliphatic heterocycles. The molecule has 7 heteroatoms. The molecule has 0 saturated carbocycles. The van der Waals surface area contributed by atoms with Crippen LogP contribution in [0.2, 0.25) is 0 Å². The molecule has 2 rings (SSSR count). The zero-order chi connectivity index (χ0) is 16.7. The van der Waals surface area contributed by atoms with Crippen LogP contribution in [0.15, 0.2) is 4.99 Å². The Hall–Kier alpha value is -0.950. The molecule has 0 radical (unpaired) electrons. The minimum absolute atomic E-state index is 0.00159. The fourth-order valence-corrected chi connectivity index (χ4v) is 3.58. The summed E-state index contributed by atoms with van der Waals surface area (Å²) in [5.41, 5.74) is 0. The summed E-state index contributed by atoms with van der Waals surface area (Å²) in [6, 6.07) is 0.00159. The number of nitrogens with one attached hydrogen (secondary N) is 1. The lowest BCUT2D eigenvalue weighted by atomic mass is 10.2. The Kier molecular flexibility index (Phi) is 7.49. The van der Waals surface area contributed by atoms with Crippen LogP contribution in [-0.2, 0) is 4.79 Å². The lowest BCUT2D eigenvalue weighted by Gasteiger charge is -2.39. The molecule has 2 heterocycles. The summed E-state index contributed by atoms with van der Waals surface area (Å²) in [7, 11) is 1.84. The van der Waals surface area contributed by atoms with Crippen molar-refractivity contribution in [1.29, 1.82) is 0 Å². The van der Waals surface area contributed by atoms with Gasteiger partial charge in [0.15, 0.2) is 5.96 Å². The molecule has 0 aliphatic carbocycles. The molecule has 2 saturated heterocycles. The van der Waals surface area contributed by atoms with E-state index in [1.54, 1.807) is 0 Å². The minimum Gasteiger partial charge on any atom is -0.355 e. The second-order valence-corrected chi connectivity index (χ2v) is 7.18. The van der Waals surface area contributed by atoms with Crippen LogP contribution in [0.3, 0.4) is 0 Å². The molecule has 0 spiro atoms. The van der Waals surface area contributed by atoms with Crippen LogP contribution in [-0.4, -0.2) is 97.5 Å². The third kappa shape index (κ3) is 5.01. The molecule has 0 aromatic heterocycles. The maximum Gasteiger partial charge on any atom is 0.239 e. The smallest absolute Gasteiger partial charge is 0.239 e. The van der Waals surface area contributed by atoms with Gasteiger partial charge in [-0.25, -0.2) is 0 Å². The van der Waals surface area contributed by atoms with Gasteiger partial charge in [0.2, 0.25) is 5.91 Å². The van der Waals surface area contributed by atoms with Crippen molar-refractivity contribution in [3.8, 4) is 0 Å². The normalized spacial score (nSPS) is 21.6. The van der Waals surface area contributed by atoms with Crippen molar-refractivity contribution in [2.45, 2.75) is 25.8 Å². The molecule has 2 fully saturated rings. The number of carbonyl (C=O) groups is 1. The number of amides is 1. The zero-order valence-electron chi connectivity index (χ0n) is 14.8. The summed E-state index contributed by atoms with van der Waals surface area (Å²) < 4.78 is 0. The maximum absolute atomic E-state index is 12.5. The highest BCUT2D eigenvalue weighted by atomic mass is 32.2. The van der Waals surface area contributed by atoms with Crippen molar-refractivity contribution < 1.29 is 4.79 Å². The lowest BCUT2D eigenvalue weighted by Crippen LogP contribution is -2.57. The monoisotopic (exact) mass is 341 g/mol. The predicted molar refractivity (Wildman–Crippen MR) is 98.2 cm³/mol. The van der Waals surface area contributed by atoms with Crippen LogP contribution in [0.1, 0.15) is 19.8 Å². The van der Waals surface area contributed by atoms with Gasteiger partial charge in [0.05, 0.1) is 6.04 Å². The van der Waals surface area contributed by atoms with Crippen LogP contribution >= 0.6 is 11.8 Å². The van der Waals surface area contributed by atoms with E-state index in [4.69, 9.17) is 0 Å². The topological polar surface area (TPSA) is 51.2 Å². The van der Waals surface area contributed by atoms with Gasteiger partial charge in [0.25, 0.3) is 0 Å². The lowest BCUT2D eigenvalue weighted by molar-refractivity contribution is -0.135. The molecule has 1 amide bonds. The second-order valence-electron chi connectivity index (χ2n) is 6.20. The van der Waals surface area contributed by atoms with E-state index < -0.39 is 0 Å². The van der Waals surface area contributed by atoms with E-state index >= 15 is 0 Å². The highest BCUT2D eigenvalue weighted by molar-refractivity contribution is 7.98. The second kappa shape index (κ2) is 9.37. The number of thioether (sulfide) groups is 1. The van der Waals surface area contributed by atoms with E-state index in [-0.39, 0.29) is 6.04 Å². The first-order chi connectivity index (χ1) is 11.2. The molecular weight excluding hydrogens is 310 g/mol. The fourth-order valence-electron chi connectivity index (χ4n) is 3.28. The van der Waals surface area contributed by atoms with Crippen LogP contribution < -0.4 is 5.32 Å². The van der Waals surface area contributed by atoms with Crippen molar-refractivity contribution in [2.24, 2.45) is 4.99 Å². The van der Waals surface area contributed by atoms with Crippen molar-refractivity contribution in [3.63, 3.8) is 0 Å². The Balaban J connectivity index is 1.79. The average molecular weight is 342 g/mol. The van der Waals surface area contributed by atoms with Crippen molar-refractivity contribution in [3.05, 3.63) is 0 Å². The first-order valence-electron chi connectivity index (χ1n) is 8.64. The molecule has 0 bridgehead atoms. The third-order valence-corrected chi connectivity index (χ3v) is 5.35. The zero-order valence-corrected chi connectivity index (χ0v) is 15.6. The van der Waals surface area contributed by atoms with Crippen LogP contribution in [0, 0.1) is 0 Å². The highest BCUT2D eigenvalue weighted by Gasteiger charge is 2.30. The van der Waals surface area contributed by atoms with E-state index in [0.29, 0.717) is 5.91 Å². The Morgan fingerprint density at radius 2 is 1.78 bits per heavy atom. The van der Waals surface area contributed by atoms with E-state index in [1.165, 1.54) is 0 Å². The van der Waals surface area contributed by atoms with Gasteiger partial charge in [-0.2, -0.15) is 11.8 Å². The quantitative estimate of drug-likeness (QED) is 0.450. The van der Waals surface area contributed by atoms with Gasteiger partial charge in [0, 0.05) is 58.6 Å². The summed E-state index contributed by atoms with van der Waals surface area (Å²) in [5, 5.41) is 3.41. The largest absolute Gasteiger partial charge is 0.355 e. The molecular formula is C16H31N5OS. The molecule has 1 unspecified atom stereocenters. The predicted octanol–water partition coefficient (Wildman–Crippen LogP) is 0.553. The van der Waals surface area contributed by atoms with Gasteiger partial charge < -0.3 is 15.1 Å². The Labute approximate surface area is 144 Å². The SMILES string of the molecule is CN=C(NCCSC)N1CCN(C(C)C(=O)N2CCCC2)CC1. The fraction of sp³-hybridized carbons (Fsp3) is 0.875. The number of carbonyl (C=O) groups excluding carboxylic acids is 1. The molecule has 0 aromatic rings.